The molecular weight excluding hydrogens is 412 g/mol. The standard InChI is InChI=1S/C22H20ClF2N3O2/c1-2-26-9-11-27(12-10-26)20-19(14-3-5-15(24)6-4-14)21(29)28(22(20)30)16-7-8-18(25)17(23)13-16/h3-8,13H,2,9-12H2,1H3. The van der Waals surface area contributed by atoms with E-state index >= 15 is 0 Å². The normalized spacial score (nSPS) is 18.0. The maximum atomic E-state index is 13.6. The summed E-state index contributed by atoms with van der Waals surface area (Å²) in [6.07, 6.45) is 0. The quantitative estimate of drug-likeness (QED) is 0.695. The molecule has 2 amide bonds. The molecule has 0 aliphatic carbocycles. The van der Waals surface area contributed by atoms with Gasteiger partial charge in [-0.2, -0.15) is 0 Å². The topological polar surface area (TPSA) is 43.9 Å². The van der Waals surface area contributed by atoms with E-state index in [0.717, 1.165) is 30.6 Å². The Hall–Kier alpha value is -2.77. The van der Waals surface area contributed by atoms with Crippen LogP contribution in [0.3, 0.4) is 0 Å². The highest BCUT2D eigenvalue weighted by Crippen LogP contribution is 2.36. The fraction of sp³-hybridized carbons (Fsp3) is 0.273. The van der Waals surface area contributed by atoms with Crippen molar-refractivity contribution in [3.63, 3.8) is 0 Å². The van der Waals surface area contributed by atoms with Crippen LogP contribution in [0, 0.1) is 11.6 Å². The molecule has 1 fully saturated rings. The zero-order chi connectivity index (χ0) is 21.4. The Labute approximate surface area is 178 Å². The highest BCUT2D eigenvalue weighted by atomic mass is 35.5. The minimum absolute atomic E-state index is 0.179. The van der Waals surface area contributed by atoms with Gasteiger partial charge in [0.05, 0.1) is 16.3 Å². The molecule has 0 atom stereocenters. The van der Waals surface area contributed by atoms with E-state index in [4.69, 9.17) is 11.6 Å². The summed E-state index contributed by atoms with van der Waals surface area (Å²) in [7, 11) is 0. The SMILES string of the molecule is CCN1CCN(C2=C(c3ccc(F)cc3)C(=O)N(c3ccc(F)c(Cl)c3)C2=O)CC1. The van der Waals surface area contributed by atoms with Gasteiger partial charge < -0.3 is 9.80 Å². The summed E-state index contributed by atoms with van der Waals surface area (Å²) in [4.78, 5) is 31.9. The van der Waals surface area contributed by atoms with Crippen molar-refractivity contribution in [1.82, 2.24) is 9.80 Å². The zero-order valence-electron chi connectivity index (χ0n) is 16.4. The summed E-state index contributed by atoms with van der Waals surface area (Å²) in [5, 5.41) is -0.179. The van der Waals surface area contributed by atoms with Gasteiger partial charge in [0.1, 0.15) is 17.3 Å². The molecule has 0 bridgehead atoms. The average molecular weight is 432 g/mol. The number of likely N-dealkylation sites (N-methyl/N-ethyl adjacent to an activating group) is 1. The number of amides is 2. The Bertz CT molecular complexity index is 1030. The highest BCUT2D eigenvalue weighted by molar-refractivity contribution is 6.45. The van der Waals surface area contributed by atoms with Crippen LogP contribution in [0.25, 0.3) is 5.57 Å². The van der Waals surface area contributed by atoms with E-state index in [1.165, 1.54) is 36.4 Å². The summed E-state index contributed by atoms with van der Waals surface area (Å²) in [5.74, 6) is -2.10. The fourth-order valence-electron chi connectivity index (χ4n) is 3.83. The van der Waals surface area contributed by atoms with Gasteiger partial charge in [-0.25, -0.2) is 13.7 Å². The molecule has 30 heavy (non-hydrogen) atoms. The van der Waals surface area contributed by atoms with E-state index in [9.17, 15) is 18.4 Å². The molecule has 156 valence electrons. The van der Waals surface area contributed by atoms with Crippen LogP contribution in [0.2, 0.25) is 5.02 Å². The number of carbonyl (C=O) groups is 2. The summed E-state index contributed by atoms with van der Waals surface area (Å²) in [5.41, 5.74) is 1.14. The second-order valence-corrected chi connectivity index (χ2v) is 7.60. The first-order chi connectivity index (χ1) is 14.4. The third-order valence-corrected chi connectivity index (χ3v) is 5.78. The van der Waals surface area contributed by atoms with E-state index in [2.05, 4.69) is 11.8 Å². The van der Waals surface area contributed by atoms with Crippen molar-refractivity contribution in [2.24, 2.45) is 0 Å². The molecule has 2 aliphatic rings. The van der Waals surface area contributed by atoms with Crippen molar-refractivity contribution >= 4 is 34.7 Å². The van der Waals surface area contributed by atoms with Crippen molar-refractivity contribution in [1.29, 1.82) is 0 Å². The van der Waals surface area contributed by atoms with Crippen LogP contribution in [0.1, 0.15) is 12.5 Å². The number of nitrogens with zero attached hydrogens (tertiary/aromatic N) is 3. The molecule has 4 rings (SSSR count). The van der Waals surface area contributed by atoms with Gasteiger partial charge >= 0.3 is 0 Å². The van der Waals surface area contributed by atoms with Crippen LogP contribution in [0.15, 0.2) is 48.2 Å². The Morgan fingerprint density at radius 2 is 1.60 bits per heavy atom. The van der Waals surface area contributed by atoms with Crippen molar-refractivity contribution in [2.75, 3.05) is 37.6 Å². The number of carbonyl (C=O) groups excluding carboxylic acids is 2. The lowest BCUT2D eigenvalue weighted by Crippen LogP contribution is -2.47. The Morgan fingerprint density at radius 1 is 0.933 bits per heavy atom. The van der Waals surface area contributed by atoms with Crippen LogP contribution in [0.4, 0.5) is 14.5 Å². The van der Waals surface area contributed by atoms with Crippen molar-refractivity contribution < 1.29 is 18.4 Å². The van der Waals surface area contributed by atoms with E-state index in [-0.39, 0.29) is 22.0 Å². The molecule has 0 unspecified atom stereocenters. The lowest BCUT2D eigenvalue weighted by atomic mass is 10.0. The number of halogens is 3. The van der Waals surface area contributed by atoms with Gasteiger partial charge in [-0.15, -0.1) is 0 Å². The largest absolute Gasteiger partial charge is 0.364 e. The van der Waals surface area contributed by atoms with E-state index in [1.54, 1.807) is 0 Å². The second kappa shape index (κ2) is 8.16. The molecule has 1 saturated heterocycles. The summed E-state index contributed by atoms with van der Waals surface area (Å²) < 4.78 is 27.1. The van der Waals surface area contributed by atoms with Gasteiger partial charge in [-0.05, 0) is 42.4 Å². The molecule has 8 heteroatoms. The maximum Gasteiger partial charge on any atom is 0.282 e. The number of anilines is 1. The predicted octanol–water partition coefficient (Wildman–Crippen LogP) is 3.54. The van der Waals surface area contributed by atoms with Crippen LogP contribution < -0.4 is 4.90 Å². The van der Waals surface area contributed by atoms with Gasteiger partial charge in [0.25, 0.3) is 11.8 Å². The maximum absolute atomic E-state index is 13.6. The van der Waals surface area contributed by atoms with Gasteiger partial charge in [-0.1, -0.05) is 30.7 Å². The van der Waals surface area contributed by atoms with Gasteiger partial charge in [0.15, 0.2) is 0 Å². The smallest absolute Gasteiger partial charge is 0.282 e. The minimum atomic E-state index is -0.637. The van der Waals surface area contributed by atoms with Crippen LogP contribution in [0.5, 0.6) is 0 Å². The van der Waals surface area contributed by atoms with E-state index in [1.807, 2.05) is 4.90 Å². The first-order valence-electron chi connectivity index (χ1n) is 9.72. The van der Waals surface area contributed by atoms with Crippen LogP contribution in [-0.2, 0) is 9.59 Å². The molecular formula is C22H20ClF2N3O2. The van der Waals surface area contributed by atoms with Crippen LogP contribution >= 0.6 is 11.6 Å². The molecule has 0 spiro atoms. The summed E-state index contributed by atoms with van der Waals surface area (Å²) in [6, 6.07) is 9.20. The third kappa shape index (κ3) is 3.59. The van der Waals surface area contributed by atoms with Gasteiger partial charge in [0.2, 0.25) is 0 Å². The molecule has 2 aromatic rings. The number of piperazine rings is 1. The summed E-state index contributed by atoms with van der Waals surface area (Å²) in [6.45, 7) is 5.69. The molecule has 2 aliphatic heterocycles. The lowest BCUT2D eigenvalue weighted by molar-refractivity contribution is -0.120. The van der Waals surface area contributed by atoms with Crippen LogP contribution in [-0.4, -0.2) is 54.3 Å². The highest BCUT2D eigenvalue weighted by Gasteiger charge is 2.43. The zero-order valence-corrected chi connectivity index (χ0v) is 17.1. The number of hydrogen-bond acceptors (Lipinski definition) is 4. The molecule has 2 heterocycles. The van der Waals surface area contributed by atoms with Crippen molar-refractivity contribution in [2.45, 2.75) is 6.92 Å². The predicted molar refractivity (Wildman–Crippen MR) is 111 cm³/mol. The average Bonchev–Trinajstić information content (AvgIpc) is 3.01. The second-order valence-electron chi connectivity index (χ2n) is 7.20. The minimum Gasteiger partial charge on any atom is -0.364 e. The lowest BCUT2D eigenvalue weighted by Gasteiger charge is -2.36. The monoisotopic (exact) mass is 431 g/mol. The number of imide groups is 1. The molecule has 0 aromatic heterocycles. The molecule has 2 aromatic carbocycles. The molecule has 0 saturated carbocycles. The van der Waals surface area contributed by atoms with Gasteiger partial charge in [0, 0.05) is 26.2 Å². The van der Waals surface area contributed by atoms with E-state index in [0.29, 0.717) is 18.7 Å². The van der Waals surface area contributed by atoms with Crippen molar-refractivity contribution in [3.05, 3.63) is 70.4 Å². The number of hydrogen-bond donors (Lipinski definition) is 0. The molecule has 0 radical (unpaired) electrons. The Balaban J connectivity index is 1.78. The summed E-state index contributed by atoms with van der Waals surface area (Å²) >= 11 is 5.88. The van der Waals surface area contributed by atoms with E-state index < -0.39 is 23.4 Å². The number of rotatable bonds is 4. The first-order valence-corrected chi connectivity index (χ1v) is 10.1. The molecule has 5 nitrogen and oxygen atoms in total. The number of benzene rings is 2. The van der Waals surface area contributed by atoms with Crippen molar-refractivity contribution in [3.8, 4) is 0 Å². The fourth-order valence-corrected chi connectivity index (χ4v) is 4.01. The first kappa shape index (κ1) is 20.5. The Kier molecular flexibility index (Phi) is 5.58. The molecule has 0 N–H and O–H groups in total. The third-order valence-electron chi connectivity index (χ3n) is 5.49. The van der Waals surface area contributed by atoms with Gasteiger partial charge in [-0.3, -0.25) is 9.59 Å². The Morgan fingerprint density at radius 3 is 2.20 bits per heavy atom.